The Morgan fingerprint density at radius 3 is 2.45 bits per heavy atom. The van der Waals surface area contributed by atoms with Gasteiger partial charge in [0.15, 0.2) is 11.8 Å². The Morgan fingerprint density at radius 2 is 1.83 bits per heavy atom. The van der Waals surface area contributed by atoms with Gasteiger partial charge in [0.1, 0.15) is 7.11 Å². The number of hydrogen-bond donors (Lipinski definition) is 0. The summed E-state index contributed by atoms with van der Waals surface area (Å²) in [6.07, 6.45) is -4.22. The largest absolute Gasteiger partial charge is 0.464 e. The van der Waals surface area contributed by atoms with Gasteiger partial charge in [0.2, 0.25) is 0 Å². The smallest absolute Gasteiger partial charge is 0.416 e. The lowest BCUT2D eigenvalue weighted by Gasteiger charge is -2.20. The standard InChI is InChI=1S/C20H19F3N2O4/c1-4-24-29-18(13-8-7-9-14(12-13)20(21,22)23)16-11-6-5-10-15(16)17(25-28-3)19(26)27-2/h4-12,18H,1-3H3/b24-4+,25-17+. The van der Waals surface area contributed by atoms with E-state index < -0.39 is 23.8 Å². The Morgan fingerprint density at radius 1 is 1.10 bits per heavy atom. The topological polar surface area (TPSA) is 69.5 Å². The molecule has 2 rings (SSSR count). The van der Waals surface area contributed by atoms with Gasteiger partial charge in [-0.1, -0.05) is 46.7 Å². The molecule has 2 aromatic carbocycles. The van der Waals surface area contributed by atoms with E-state index in [0.29, 0.717) is 5.56 Å². The quantitative estimate of drug-likeness (QED) is 0.388. The van der Waals surface area contributed by atoms with E-state index in [1.54, 1.807) is 31.2 Å². The lowest BCUT2D eigenvalue weighted by atomic mass is 9.93. The molecule has 9 heteroatoms. The Labute approximate surface area is 165 Å². The predicted molar refractivity (Wildman–Crippen MR) is 101 cm³/mol. The van der Waals surface area contributed by atoms with Crippen molar-refractivity contribution < 1.29 is 32.4 Å². The van der Waals surface area contributed by atoms with Crippen LogP contribution in [0.3, 0.4) is 0 Å². The van der Waals surface area contributed by atoms with Crippen molar-refractivity contribution in [1.82, 2.24) is 0 Å². The summed E-state index contributed by atoms with van der Waals surface area (Å²) >= 11 is 0. The second kappa shape index (κ2) is 9.72. The summed E-state index contributed by atoms with van der Waals surface area (Å²) in [5.41, 5.74) is -0.167. The van der Waals surface area contributed by atoms with E-state index in [2.05, 4.69) is 10.3 Å². The molecule has 6 nitrogen and oxygen atoms in total. The summed E-state index contributed by atoms with van der Waals surface area (Å²) in [5, 5.41) is 7.44. The molecule has 0 fully saturated rings. The van der Waals surface area contributed by atoms with Gasteiger partial charge in [-0.2, -0.15) is 13.2 Å². The van der Waals surface area contributed by atoms with Crippen LogP contribution in [-0.2, 0) is 25.4 Å². The zero-order valence-corrected chi connectivity index (χ0v) is 15.9. The number of alkyl halides is 3. The van der Waals surface area contributed by atoms with Crippen molar-refractivity contribution in [3.05, 3.63) is 70.8 Å². The van der Waals surface area contributed by atoms with Gasteiger partial charge in [-0.05, 0) is 19.1 Å². The number of halogens is 3. The minimum absolute atomic E-state index is 0.161. The first-order chi connectivity index (χ1) is 13.8. The predicted octanol–water partition coefficient (Wildman–Crippen LogP) is 4.34. The summed E-state index contributed by atoms with van der Waals surface area (Å²) in [5.74, 6) is -0.777. The Hall–Kier alpha value is -3.36. The van der Waals surface area contributed by atoms with Crippen molar-refractivity contribution in [2.45, 2.75) is 19.2 Å². The van der Waals surface area contributed by atoms with E-state index in [0.717, 1.165) is 12.1 Å². The van der Waals surface area contributed by atoms with Crippen LogP contribution < -0.4 is 0 Å². The lowest BCUT2D eigenvalue weighted by Crippen LogP contribution is -2.21. The molecule has 0 saturated heterocycles. The van der Waals surface area contributed by atoms with Gasteiger partial charge in [0, 0.05) is 22.9 Å². The zero-order valence-electron chi connectivity index (χ0n) is 15.9. The fraction of sp³-hybridized carbons (Fsp3) is 0.250. The van der Waals surface area contributed by atoms with Gasteiger partial charge < -0.3 is 14.4 Å². The van der Waals surface area contributed by atoms with E-state index in [4.69, 9.17) is 14.4 Å². The van der Waals surface area contributed by atoms with E-state index >= 15 is 0 Å². The fourth-order valence-electron chi connectivity index (χ4n) is 2.62. The number of esters is 1. The zero-order chi connectivity index (χ0) is 21.4. The minimum Gasteiger partial charge on any atom is -0.464 e. The molecule has 0 bridgehead atoms. The summed E-state index contributed by atoms with van der Waals surface area (Å²) in [4.78, 5) is 22.4. The summed E-state index contributed by atoms with van der Waals surface area (Å²) in [6.45, 7) is 1.60. The van der Waals surface area contributed by atoms with E-state index in [-0.39, 0.29) is 16.8 Å². The number of ether oxygens (including phenoxy) is 1. The maximum atomic E-state index is 13.2. The maximum absolute atomic E-state index is 13.2. The average Bonchev–Trinajstić information content (AvgIpc) is 2.72. The van der Waals surface area contributed by atoms with Crippen LogP contribution in [0.15, 0.2) is 58.8 Å². The average molecular weight is 408 g/mol. The van der Waals surface area contributed by atoms with E-state index in [9.17, 15) is 18.0 Å². The van der Waals surface area contributed by atoms with Crippen molar-refractivity contribution in [3.8, 4) is 0 Å². The molecule has 0 saturated carbocycles. The first kappa shape index (κ1) is 21.9. The number of benzene rings is 2. The number of nitrogens with zero attached hydrogens (tertiary/aromatic N) is 2. The third-order valence-electron chi connectivity index (χ3n) is 3.85. The van der Waals surface area contributed by atoms with Crippen LogP contribution in [0.1, 0.15) is 35.3 Å². The van der Waals surface area contributed by atoms with Gasteiger partial charge in [-0.25, -0.2) is 4.79 Å². The first-order valence-corrected chi connectivity index (χ1v) is 8.43. The van der Waals surface area contributed by atoms with Crippen LogP contribution in [0.4, 0.5) is 13.2 Å². The van der Waals surface area contributed by atoms with Gasteiger partial charge in [-0.3, -0.25) is 0 Å². The molecule has 0 amide bonds. The molecule has 0 aromatic heterocycles. The van der Waals surface area contributed by atoms with Crippen molar-refractivity contribution in [2.75, 3.05) is 14.2 Å². The molecular weight excluding hydrogens is 389 g/mol. The van der Waals surface area contributed by atoms with Gasteiger partial charge in [0.05, 0.1) is 12.7 Å². The fourth-order valence-corrected chi connectivity index (χ4v) is 2.62. The molecule has 2 aromatic rings. The molecule has 0 aliphatic carbocycles. The molecule has 0 spiro atoms. The van der Waals surface area contributed by atoms with Crippen LogP contribution in [0.25, 0.3) is 0 Å². The molecule has 29 heavy (non-hydrogen) atoms. The van der Waals surface area contributed by atoms with Crippen molar-refractivity contribution in [1.29, 1.82) is 0 Å². The molecule has 0 N–H and O–H groups in total. The SMILES string of the molecule is C/C=N/OC(c1cccc(C(F)(F)F)c1)c1ccccc1/C(=N\OC)C(=O)OC. The summed E-state index contributed by atoms with van der Waals surface area (Å²) < 4.78 is 44.3. The lowest BCUT2D eigenvalue weighted by molar-refractivity contribution is -0.137. The number of carbonyl (C=O) groups excluding carboxylic acids is 1. The normalized spacial score (nSPS) is 13.2. The van der Waals surface area contributed by atoms with E-state index in [1.165, 1.54) is 32.6 Å². The Bertz CT molecular complexity index is 911. The van der Waals surface area contributed by atoms with E-state index in [1.807, 2.05) is 0 Å². The van der Waals surface area contributed by atoms with Crippen molar-refractivity contribution in [2.24, 2.45) is 10.3 Å². The Balaban J connectivity index is 2.66. The van der Waals surface area contributed by atoms with Crippen LogP contribution >= 0.6 is 0 Å². The second-order valence-corrected chi connectivity index (χ2v) is 5.67. The summed E-state index contributed by atoms with van der Waals surface area (Å²) in [7, 11) is 2.44. The molecule has 0 aliphatic rings. The molecule has 154 valence electrons. The molecule has 1 unspecified atom stereocenters. The maximum Gasteiger partial charge on any atom is 0.416 e. The van der Waals surface area contributed by atoms with Crippen molar-refractivity contribution in [3.63, 3.8) is 0 Å². The molecule has 1 atom stereocenters. The van der Waals surface area contributed by atoms with Crippen LogP contribution in [0.5, 0.6) is 0 Å². The van der Waals surface area contributed by atoms with Gasteiger partial charge >= 0.3 is 12.1 Å². The van der Waals surface area contributed by atoms with Gasteiger partial charge in [0.25, 0.3) is 0 Å². The number of hydrogen-bond acceptors (Lipinski definition) is 6. The van der Waals surface area contributed by atoms with Crippen molar-refractivity contribution >= 4 is 17.9 Å². The first-order valence-electron chi connectivity index (χ1n) is 8.43. The highest BCUT2D eigenvalue weighted by molar-refractivity contribution is 6.43. The second-order valence-electron chi connectivity index (χ2n) is 5.67. The van der Waals surface area contributed by atoms with Crippen LogP contribution in [-0.4, -0.2) is 32.1 Å². The third-order valence-corrected chi connectivity index (χ3v) is 3.85. The molecular formula is C20H19F3N2O4. The molecule has 0 aliphatic heterocycles. The highest BCUT2D eigenvalue weighted by Crippen LogP contribution is 2.34. The number of oxime groups is 2. The molecule has 0 radical (unpaired) electrons. The highest BCUT2D eigenvalue weighted by atomic mass is 19.4. The number of rotatable bonds is 7. The third kappa shape index (κ3) is 5.34. The minimum atomic E-state index is -4.53. The van der Waals surface area contributed by atoms with Crippen LogP contribution in [0.2, 0.25) is 0 Å². The Kier molecular flexibility index (Phi) is 7.35. The monoisotopic (exact) mass is 408 g/mol. The molecule has 0 heterocycles. The highest BCUT2D eigenvalue weighted by Gasteiger charge is 2.32. The number of carbonyl (C=O) groups is 1. The summed E-state index contributed by atoms with van der Waals surface area (Å²) in [6, 6.07) is 11.1. The van der Waals surface area contributed by atoms with Gasteiger partial charge in [-0.15, -0.1) is 0 Å². The van der Waals surface area contributed by atoms with Crippen LogP contribution in [0, 0.1) is 0 Å². The number of methoxy groups -OCH3 is 1.